The summed E-state index contributed by atoms with van der Waals surface area (Å²) in [4.78, 5) is 20.6. The summed E-state index contributed by atoms with van der Waals surface area (Å²) < 4.78 is 0. The summed E-state index contributed by atoms with van der Waals surface area (Å²) in [6, 6.07) is -0.363. The van der Waals surface area contributed by atoms with E-state index in [1.807, 2.05) is 10.9 Å². The third-order valence-electron chi connectivity index (χ3n) is 1.45. The highest BCUT2D eigenvalue weighted by Crippen LogP contribution is 1.90. The molecule has 0 rings (SSSR count). The molecule has 6 heteroatoms. The summed E-state index contributed by atoms with van der Waals surface area (Å²) in [6.45, 7) is 1.64. The fourth-order valence-electron chi connectivity index (χ4n) is 0.559. The predicted octanol–water partition coefficient (Wildman–Crippen LogP) is -2.27. The first-order valence-corrected chi connectivity index (χ1v) is 3.47. The highest BCUT2D eigenvalue weighted by Gasteiger charge is 2.20. The van der Waals surface area contributed by atoms with Crippen molar-refractivity contribution in [2.75, 3.05) is 7.05 Å². The average Bonchev–Trinajstić information content (AvgIpc) is 2.11. The Bertz CT molecular complexity index is 162. The number of hydrazine groups is 1. The Labute approximate surface area is 70.3 Å². The minimum Gasteiger partial charge on any atom is -0.382 e. The number of aliphatic hydroxyl groups is 1. The van der Waals surface area contributed by atoms with Crippen LogP contribution in [0.4, 0.5) is 0 Å². The van der Waals surface area contributed by atoms with Crippen molar-refractivity contribution in [3.8, 4) is 0 Å². The molecule has 0 saturated heterocycles. The van der Waals surface area contributed by atoms with Crippen LogP contribution in [0.25, 0.3) is 0 Å². The van der Waals surface area contributed by atoms with Gasteiger partial charge in [0.05, 0.1) is 0 Å². The number of hydrogen-bond acceptors (Lipinski definition) is 4. The van der Waals surface area contributed by atoms with Crippen LogP contribution >= 0.6 is 0 Å². The number of likely N-dealkylation sites (N-methyl/N-ethyl adjacent to an activating group) is 1. The van der Waals surface area contributed by atoms with Crippen molar-refractivity contribution < 1.29 is 14.7 Å². The summed E-state index contributed by atoms with van der Waals surface area (Å²) in [5.74, 6) is -0.649. The number of hydrogen-bond donors (Lipinski definition) is 4. The second kappa shape index (κ2) is 5.50. The largest absolute Gasteiger partial charge is 0.382 e. The second-order valence-corrected chi connectivity index (χ2v) is 2.27. The Balaban J connectivity index is 3.83. The van der Waals surface area contributed by atoms with Crippen LogP contribution in [0.2, 0.25) is 0 Å². The topological polar surface area (TPSA) is 90.5 Å². The molecule has 0 saturated carbocycles. The molecule has 0 fully saturated rings. The van der Waals surface area contributed by atoms with Crippen LogP contribution in [0.1, 0.15) is 6.92 Å². The second-order valence-electron chi connectivity index (χ2n) is 2.27. The van der Waals surface area contributed by atoms with Crippen molar-refractivity contribution in [1.29, 1.82) is 0 Å². The Morgan fingerprint density at radius 1 is 1.58 bits per heavy atom. The number of aliphatic hydroxyl groups excluding tert-OH is 1. The van der Waals surface area contributed by atoms with E-state index in [2.05, 4.69) is 5.32 Å². The average molecular weight is 175 g/mol. The molecule has 2 amide bonds. The maximum absolute atomic E-state index is 10.9. The lowest BCUT2D eigenvalue weighted by molar-refractivity contribution is -0.133. The molecule has 70 valence electrons. The Kier molecular flexibility index (Phi) is 4.98. The van der Waals surface area contributed by atoms with Crippen molar-refractivity contribution in [1.82, 2.24) is 16.2 Å². The summed E-state index contributed by atoms with van der Waals surface area (Å²) >= 11 is 0. The summed E-state index contributed by atoms with van der Waals surface area (Å²) in [5, 5.41) is 11.9. The van der Waals surface area contributed by atoms with Crippen LogP contribution in [0.3, 0.4) is 0 Å². The van der Waals surface area contributed by atoms with E-state index in [1.54, 1.807) is 14.0 Å². The van der Waals surface area contributed by atoms with Gasteiger partial charge < -0.3 is 10.4 Å². The van der Waals surface area contributed by atoms with Gasteiger partial charge >= 0.3 is 0 Å². The Hall–Kier alpha value is -1.14. The molecule has 0 spiro atoms. The summed E-state index contributed by atoms with van der Waals surface area (Å²) in [7, 11) is 1.62. The zero-order valence-electron chi connectivity index (χ0n) is 7.00. The van der Waals surface area contributed by atoms with Crippen molar-refractivity contribution in [3.05, 3.63) is 0 Å². The molecule has 0 aliphatic rings. The zero-order chi connectivity index (χ0) is 9.56. The number of nitrogens with one attached hydrogen (secondary N) is 3. The van der Waals surface area contributed by atoms with E-state index in [0.717, 1.165) is 0 Å². The van der Waals surface area contributed by atoms with Gasteiger partial charge in [0.1, 0.15) is 6.10 Å². The van der Waals surface area contributed by atoms with Gasteiger partial charge in [-0.15, -0.1) is 0 Å². The molecule has 2 unspecified atom stereocenters. The van der Waals surface area contributed by atoms with Crippen LogP contribution in [0.5, 0.6) is 0 Å². The van der Waals surface area contributed by atoms with Crippen LogP contribution in [-0.2, 0) is 9.59 Å². The Morgan fingerprint density at radius 3 is 2.58 bits per heavy atom. The molecule has 0 aromatic rings. The fraction of sp³-hybridized carbons (Fsp3) is 0.667. The molecule has 2 atom stereocenters. The van der Waals surface area contributed by atoms with Crippen LogP contribution in [0, 0.1) is 0 Å². The number of carbonyl (C=O) groups is 2. The predicted molar refractivity (Wildman–Crippen MR) is 41.9 cm³/mol. The van der Waals surface area contributed by atoms with E-state index in [-0.39, 0.29) is 6.04 Å². The third-order valence-corrected chi connectivity index (χ3v) is 1.45. The quantitative estimate of drug-likeness (QED) is 0.280. The maximum atomic E-state index is 10.9. The SMILES string of the molecule is CNC(C)C(O)C(=O)NNC=O. The van der Waals surface area contributed by atoms with Crippen LogP contribution in [0.15, 0.2) is 0 Å². The number of carbonyl (C=O) groups excluding carboxylic acids is 2. The lowest BCUT2D eigenvalue weighted by Gasteiger charge is -2.16. The summed E-state index contributed by atoms with van der Waals surface area (Å²) in [5.41, 5.74) is 3.94. The van der Waals surface area contributed by atoms with Gasteiger partial charge in [0, 0.05) is 6.04 Å². The minimum absolute atomic E-state index is 0.314. The maximum Gasteiger partial charge on any atom is 0.268 e. The molecule has 4 N–H and O–H groups in total. The smallest absolute Gasteiger partial charge is 0.268 e. The van der Waals surface area contributed by atoms with E-state index in [0.29, 0.717) is 6.41 Å². The monoisotopic (exact) mass is 175 g/mol. The zero-order valence-corrected chi connectivity index (χ0v) is 7.00. The molecule has 0 radical (unpaired) electrons. The van der Waals surface area contributed by atoms with Gasteiger partial charge in [-0.05, 0) is 14.0 Å². The van der Waals surface area contributed by atoms with Gasteiger partial charge in [0.25, 0.3) is 5.91 Å². The summed E-state index contributed by atoms with van der Waals surface area (Å²) in [6.07, 6.45) is -0.864. The van der Waals surface area contributed by atoms with Gasteiger partial charge in [-0.3, -0.25) is 20.4 Å². The van der Waals surface area contributed by atoms with E-state index in [1.165, 1.54) is 0 Å². The first-order valence-electron chi connectivity index (χ1n) is 3.47. The first kappa shape index (κ1) is 10.9. The molecule has 0 aliphatic heterocycles. The van der Waals surface area contributed by atoms with Gasteiger partial charge in [0.2, 0.25) is 6.41 Å². The molecule has 0 bridgehead atoms. The van der Waals surface area contributed by atoms with E-state index < -0.39 is 12.0 Å². The molecule has 0 aromatic carbocycles. The molecule has 0 aliphatic carbocycles. The highest BCUT2D eigenvalue weighted by molar-refractivity contribution is 5.81. The van der Waals surface area contributed by atoms with Crippen LogP contribution < -0.4 is 16.2 Å². The number of rotatable bonds is 5. The van der Waals surface area contributed by atoms with Crippen molar-refractivity contribution in [2.24, 2.45) is 0 Å². The van der Waals surface area contributed by atoms with Gasteiger partial charge in [-0.1, -0.05) is 0 Å². The van der Waals surface area contributed by atoms with Gasteiger partial charge in [-0.2, -0.15) is 0 Å². The molecule has 12 heavy (non-hydrogen) atoms. The Morgan fingerprint density at radius 2 is 2.17 bits per heavy atom. The van der Waals surface area contributed by atoms with Crippen molar-refractivity contribution >= 4 is 12.3 Å². The fourth-order valence-corrected chi connectivity index (χ4v) is 0.559. The standard InChI is InChI=1S/C6H13N3O3/c1-4(7-2)5(11)6(12)9-8-3-10/h3-5,7,11H,1-2H3,(H,8,10)(H,9,12). The molecular weight excluding hydrogens is 162 g/mol. The highest BCUT2D eigenvalue weighted by atomic mass is 16.3. The van der Waals surface area contributed by atoms with Gasteiger partial charge in [0.15, 0.2) is 0 Å². The van der Waals surface area contributed by atoms with Crippen LogP contribution in [-0.4, -0.2) is 36.6 Å². The van der Waals surface area contributed by atoms with E-state index in [4.69, 9.17) is 0 Å². The number of amides is 2. The third kappa shape index (κ3) is 3.31. The first-order chi connectivity index (χ1) is 5.63. The van der Waals surface area contributed by atoms with Gasteiger partial charge in [-0.25, -0.2) is 0 Å². The van der Waals surface area contributed by atoms with E-state index >= 15 is 0 Å². The molecule has 0 heterocycles. The lowest BCUT2D eigenvalue weighted by Crippen LogP contribution is -2.50. The van der Waals surface area contributed by atoms with Crippen molar-refractivity contribution in [2.45, 2.75) is 19.1 Å². The molecule has 6 nitrogen and oxygen atoms in total. The normalized spacial score (nSPS) is 14.6. The minimum atomic E-state index is -1.18. The lowest BCUT2D eigenvalue weighted by atomic mass is 10.2. The molecular formula is C6H13N3O3. The molecule has 0 aromatic heterocycles. The van der Waals surface area contributed by atoms with Crippen molar-refractivity contribution in [3.63, 3.8) is 0 Å². The van der Waals surface area contributed by atoms with E-state index in [9.17, 15) is 14.7 Å².